The van der Waals surface area contributed by atoms with Crippen molar-refractivity contribution in [1.82, 2.24) is 15.2 Å². The molecule has 0 N–H and O–H groups in total. The number of rotatable bonds is 3. The van der Waals surface area contributed by atoms with E-state index < -0.39 is 0 Å². The maximum atomic E-state index is 5.48. The van der Waals surface area contributed by atoms with E-state index in [0.29, 0.717) is 11.7 Å². The van der Waals surface area contributed by atoms with Crippen LogP contribution in [0.2, 0.25) is 0 Å². The van der Waals surface area contributed by atoms with Crippen LogP contribution < -0.4 is 4.74 Å². The summed E-state index contributed by atoms with van der Waals surface area (Å²) in [5, 5.41) is 7.86. The van der Waals surface area contributed by atoms with Crippen molar-refractivity contribution >= 4 is 0 Å². The van der Waals surface area contributed by atoms with Gasteiger partial charge >= 0.3 is 0 Å². The predicted octanol–water partition coefficient (Wildman–Crippen LogP) is 2.67. The lowest BCUT2D eigenvalue weighted by atomic mass is 9.99. The number of hydrogen-bond acceptors (Lipinski definition) is 4. The van der Waals surface area contributed by atoms with Crippen LogP contribution in [-0.4, -0.2) is 22.3 Å². The molecule has 0 unspecified atom stereocenters. The van der Waals surface area contributed by atoms with E-state index >= 15 is 0 Å². The standard InChI is InChI=1S/C13H15N3O/c1-9(2)10-5-4-6-11(12(10)17-3)13-14-7-8-15-16-13/h4-9H,1-3H3. The van der Waals surface area contributed by atoms with Crippen molar-refractivity contribution in [1.29, 1.82) is 0 Å². The summed E-state index contributed by atoms with van der Waals surface area (Å²) in [7, 11) is 1.67. The topological polar surface area (TPSA) is 47.9 Å². The first-order valence-electron chi connectivity index (χ1n) is 5.55. The molecule has 2 rings (SSSR count). The molecule has 2 aromatic rings. The molecule has 0 aliphatic heterocycles. The molecule has 4 nitrogen and oxygen atoms in total. The summed E-state index contributed by atoms with van der Waals surface area (Å²) < 4.78 is 5.48. The molecule has 0 amide bonds. The minimum absolute atomic E-state index is 0.390. The van der Waals surface area contributed by atoms with Crippen molar-refractivity contribution < 1.29 is 4.74 Å². The molecule has 1 aromatic carbocycles. The van der Waals surface area contributed by atoms with Crippen molar-refractivity contribution in [3.8, 4) is 17.1 Å². The monoisotopic (exact) mass is 229 g/mol. The molecule has 0 aliphatic rings. The molecule has 4 heteroatoms. The number of nitrogens with zero attached hydrogens (tertiary/aromatic N) is 3. The van der Waals surface area contributed by atoms with Gasteiger partial charge in [0.1, 0.15) is 5.75 Å². The molecule has 0 radical (unpaired) electrons. The zero-order chi connectivity index (χ0) is 12.3. The van der Waals surface area contributed by atoms with E-state index in [2.05, 4.69) is 35.1 Å². The highest BCUT2D eigenvalue weighted by atomic mass is 16.5. The lowest BCUT2D eigenvalue weighted by molar-refractivity contribution is 0.409. The largest absolute Gasteiger partial charge is 0.496 e. The number of benzene rings is 1. The van der Waals surface area contributed by atoms with Crippen LogP contribution >= 0.6 is 0 Å². The fourth-order valence-electron chi connectivity index (χ4n) is 1.78. The minimum Gasteiger partial charge on any atom is -0.496 e. The number of methoxy groups -OCH3 is 1. The second-order valence-electron chi connectivity index (χ2n) is 4.05. The summed E-state index contributed by atoms with van der Waals surface area (Å²) >= 11 is 0. The van der Waals surface area contributed by atoms with Crippen LogP contribution in [0, 0.1) is 0 Å². The van der Waals surface area contributed by atoms with E-state index in [1.54, 1.807) is 19.5 Å². The molecule has 1 aromatic heterocycles. The molecule has 0 saturated carbocycles. The van der Waals surface area contributed by atoms with Crippen LogP contribution in [0.5, 0.6) is 5.75 Å². The zero-order valence-corrected chi connectivity index (χ0v) is 10.2. The van der Waals surface area contributed by atoms with E-state index in [4.69, 9.17) is 4.74 Å². The Morgan fingerprint density at radius 3 is 2.59 bits per heavy atom. The van der Waals surface area contributed by atoms with Crippen LogP contribution in [-0.2, 0) is 0 Å². The van der Waals surface area contributed by atoms with E-state index in [-0.39, 0.29) is 0 Å². The highest BCUT2D eigenvalue weighted by Gasteiger charge is 2.14. The summed E-state index contributed by atoms with van der Waals surface area (Å²) in [5.74, 6) is 1.81. The summed E-state index contributed by atoms with van der Waals surface area (Å²) in [5.41, 5.74) is 2.03. The van der Waals surface area contributed by atoms with Crippen molar-refractivity contribution in [3.63, 3.8) is 0 Å². The smallest absolute Gasteiger partial charge is 0.185 e. The Morgan fingerprint density at radius 2 is 2.00 bits per heavy atom. The Hall–Kier alpha value is -1.97. The Morgan fingerprint density at radius 1 is 1.18 bits per heavy atom. The molecule has 88 valence electrons. The Kier molecular flexibility index (Phi) is 3.32. The van der Waals surface area contributed by atoms with Gasteiger partial charge in [0.2, 0.25) is 0 Å². The van der Waals surface area contributed by atoms with E-state index in [9.17, 15) is 0 Å². The third kappa shape index (κ3) is 2.25. The molecule has 0 spiro atoms. The Labute approximate surface area is 101 Å². The van der Waals surface area contributed by atoms with Gasteiger partial charge in [-0.2, -0.15) is 5.10 Å². The third-order valence-electron chi connectivity index (χ3n) is 2.60. The maximum absolute atomic E-state index is 5.48. The van der Waals surface area contributed by atoms with Crippen molar-refractivity contribution in [2.45, 2.75) is 19.8 Å². The number of aromatic nitrogens is 3. The van der Waals surface area contributed by atoms with Crippen molar-refractivity contribution in [3.05, 3.63) is 36.2 Å². The minimum atomic E-state index is 0.390. The summed E-state index contributed by atoms with van der Waals surface area (Å²) in [6, 6.07) is 5.99. The van der Waals surface area contributed by atoms with Gasteiger partial charge in [-0.1, -0.05) is 26.0 Å². The number of hydrogen-bond donors (Lipinski definition) is 0. The highest BCUT2D eigenvalue weighted by Crippen LogP contribution is 2.34. The first-order valence-corrected chi connectivity index (χ1v) is 5.55. The van der Waals surface area contributed by atoms with E-state index in [1.807, 2.05) is 12.1 Å². The van der Waals surface area contributed by atoms with E-state index in [0.717, 1.165) is 16.9 Å². The predicted molar refractivity (Wildman–Crippen MR) is 65.9 cm³/mol. The van der Waals surface area contributed by atoms with Crippen LogP contribution in [0.25, 0.3) is 11.4 Å². The SMILES string of the molecule is COc1c(-c2nccnn2)cccc1C(C)C. The lowest BCUT2D eigenvalue weighted by Gasteiger charge is -2.14. The molecule has 0 saturated heterocycles. The maximum Gasteiger partial charge on any atom is 0.185 e. The van der Waals surface area contributed by atoms with Crippen molar-refractivity contribution in [2.75, 3.05) is 7.11 Å². The molecular weight excluding hydrogens is 214 g/mol. The van der Waals surface area contributed by atoms with Crippen LogP contribution in [0.1, 0.15) is 25.3 Å². The first kappa shape index (κ1) is 11.5. The second kappa shape index (κ2) is 4.91. The van der Waals surface area contributed by atoms with Crippen LogP contribution in [0.15, 0.2) is 30.6 Å². The van der Waals surface area contributed by atoms with E-state index in [1.165, 1.54) is 0 Å². The average Bonchev–Trinajstić information content (AvgIpc) is 2.38. The fourth-order valence-corrected chi connectivity index (χ4v) is 1.78. The molecule has 0 atom stereocenters. The van der Waals surface area contributed by atoms with Crippen molar-refractivity contribution in [2.24, 2.45) is 0 Å². The normalized spacial score (nSPS) is 10.6. The first-order chi connectivity index (χ1) is 8.24. The van der Waals surface area contributed by atoms with Gasteiger partial charge in [-0.05, 0) is 17.5 Å². The molecule has 0 aliphatic carbocycles. The highest BCUT2D eigenvalue weighted by molar-refractivity contribution is 5.66. The molecule has 0 bridgehead atoms. The van der Waals surface area contributed by atoms with Gasteiger partial charge in [0, 0.05) is 6.20 Å². The van der Waals surface area contributed by atoms with Gasteiger partial charge in [-0.15, -0.1) is 5.10 Å². The second-order valence-corrected chi connectivity index (χ2v) is 4.05. The van der Waals surface area contributed by atoms with Crippen LogP contribution in [0.4, 0.5) is 0 Å². The van der Waals surface area contributed by atoms with Gasteiger partial charge in [0.15, 0.2) is 5.82 Å². The molecule has 17 heavy (non-hydrogen) atoms. The zero-order valence-electron chi connectivity index (χ0n) is 10.2. The summed E-state index contributed by atoms with van der Waals surface area (Å²) in [4.78, 5) is 4.20. The Balaban J connectivity index is 2.59. The third-order valence-corrected chi connectivity index (χ3v) is 2.60. The van der Waals surface area contributed by atoms with Gasteiger partial charge < -0.3 is 4.74 Å². The summed E-state index contributed by atoms with van der Waals surface area (Å²) in [6.45, 7) is 4.26. The molecule has 1 heterocycles. The van der Waals surface area contributed by atoms with Gasteiger partial charge in [-0.3, -0.25) is 0 Å². The van der Waals surface area contributed by atoms with Gasteiger partial charge in [0.05, 0.1) is 18.9 Å². The quantitative estimate of drug-likeness (QED) is 0.811. The average molecular weight is 229 g/mol. The van der Waals surface area contributed by atoms with Gasteiger partial charge in [-0.25, -0.2) is 4.98 Å². The summed E-state index contributed by atoms with van der Waals surface area (Å²) in [6.07, 6.45) is 3.19. The number of para-hydroxylation sites is 1. The molecule has 0 fully saturated rings. The van der Waals surface area contributed by atoms with Gasteiger partial charge in [0.25, 0.3) is 0 Å². The lowest BCUT2D eigenvalue weighted by Crippen LogP contribution is -1.99. The Bertz CT molecular complexity index is 497. The fraction of sp³-hybridized carbons (Fsp3) is 0.308. The molecular formula is C13H15N3O. The number of ether oxygens (including phenoxy) is 1. The van der Waals surface area contributed by atoms with Crippen LogP contribution in [0.3, 0.4) is 0 Å².